The summed E-state index contributed by atoms with van der Waals surface area (Å²) in [6, 6.07) is 0. The van der Waals surface area contributed by atoms with Gasteiger partial charge in [0.1, 0.15) is 0 Å². The Labute approximate surface area is 127 Å². The van der Waals surface area contributed by atoms with Crippen molar-refractivity contribution in [3.63, 3.8) is 0 Å². The molecule has 2 heterocycles. The summed E-state index contributed by atoms with van der Waals surface area (Å²) in [4.78, 5) is 10.7. The van der Waals surface area contributed by atoms with E-state index in [0.717, 1.165) is 12.0 Å². The van der Waals surface area contributed by atoms with Crippen LogP contribution in [0.4, 0.5) is 5.95 Å². The van der Waals surface area contributed by atoms with E-state index in [1.807, 2.05) is 39.6 Å². The number of hydrogen-bond acceptors (Lipinski definition) is 6. The molecular formula is C14H24BN3O3. The maximum absolute atomic E-state index is 5.98. The standard InChI is InChI=1S/C14H24BN3O3/c1-13(2)14(3,4)21-15(20-13)11-9-16-12(17-10-11)18(5)7-8-19-6/h9-10H,7-8H2,1-6H3. The molecule has 0 saturated carbocycles. The van der Waals surface area contributed by atoms with E-state index in [-0.39, 0.29) is 11.2 Å². The van der Waals surface area contributed by atoms with Crippen LogP contribution in [0.3, 0.4) is 0 Å². The van der Waals surface area contributed by atoms with Crippen molar-refractivity contribution in [2.24, 2.45) is 0 Å². The average molecular weight is 293 g/mol. The van der Waals surface area contributed by atoms with Crippen LogP contribution in [0.15, 0.2) is 12.4 Å². The molecule has 1 saturated heterocycles. The Kier molecular flexibility index (Phi) is 4.56. The van der Waals surface area contributed by atoms with E-state index < -0.39 is 7.12 Å². The van der Waals surface area contributed by atoms with Gasteiger partial charge in [0.2, 0.25) is 5.95 Å². The van der Waals surface area contributed by atoms with Crippen molar-refractivity contribution in [1.82, 2.24) is 9.97 Å². The van der Waals surface area contributed by atoms with Crippen LogP contribution >= 0.6 is 0 Å². The fourth-order valence-corrected chi connectivity index (χ4v) is 1.96. The minimum absolute atomic E-state index is 0.356. The highest BCUT2D eigenvalue weighted by Gasteiger charge is 2.51. The molecule has 0 aromatic carbocycles. The van der Waals surface area contributed by atoms with Gasteiger partial charge in [-0.25, -0.2) is 9.97 Å². The molecule has 0 unspecified atom stereocenters. The molecule has 2 rings (SSSR count). The molecule has 1 aliphatic rings. The van der Waals surface area contributed by atoms with Gasteiger partial charge >= 0.3 is 7.12 Å². The Bertz CT molecular complexity index is 463. The van der Waals surface area contributed by atoms with Gasteiger partial charge in [-0.15, -0.1) is 0 Å². The third kappa shape index (κ3) is 3.36. The maximum Gasteiger partial charge on any atom is 0.498 e. The third-order valence-corrected chi connectivity index (χ3v) is 4.16. The Morgan fingerprint density at radius 1 is 1.14 bits per heavy atom. The van der Waals surface area contributed by atoms with E-state index in [9.17, 15) is 0 Å². The molecule has 6 nitrogen and oxygen atoms in total. The van der Waals surface area contributed by atoms with Crippen LogP contribution in [-0.4, -0.2) is 55.6 Å². The Morgan fingerprint density at radius 2 is 1.67 bits per heavy atom. The van der Waals surface area contributed by atoms with Gasteiger partial charge in [0.05, 0.1) is 17.8 Å². The molecule has 7 heteroatoms. The number of anilines is 1. The molecule has 0 amide bonds. The molecule has 116 valence electrons. The molecule has 1 fully saturated rings. The molecule has 0 spiro atoms. The quantitative estimate of drug-likeness (QED) is 0.751. The van der Waals surface area contributed by atoms with Crippen LogP contribution in [0.2, 0.25) is 0 Å². The van der Waals surface area contributed by atoms with Crippen molar-refractivity contribution < 1.29 is 14.0 Å². The van der Waals surface area contributed by atoms with E-state index in [4.69, 9.17) is 14.0 Å². The van der Waals surface area contributed by atoms with Crippen LogP contribution in [0.25, 0.3) is 0 Å². The average Bonchev–Trinajstić information content (AvgIpc) is 2.65. The zero-order valence-electron chi connectivity index (χ0n) is 13.7. The molecule has 21 heavy (non-hydrogen) atoms. The number of rotatable bonds is 5. The lowest BCUT2D eigenvalue weighted by molar-refractivity contribution is 0.00578. The number of hydrogen-bond donors (Lipinski definition) is 0. The van der Waals surface area contributed by atoms with Gasteiger partial charge in [0.25, 0.3) is 0 Å². The number of nitrogens with zero attached hydrogens (tertiary/aromatic N) is 3. The first-order valence-corrected chi connectivity index (χ1v) is 7.14. The van der Waals surface area contributed by atoms with Crippen molar-refractivity contribution in [2.45, 2.75) is 38.9 Å². The fourth-order valence-electron chi connectivity index (χ4n) is 1.96. The number of methoxy groups -OCH3 is 1. The Balaban J connectivity index is 2.07. The lowest BCUT2D eigenvalue weighted by Gasteiger charge is -2.32. The van der Waals surface area contributed by atoms with Gasteiger partial charge in [-0.3, -0.25) is 0 Å². The summed E-state index contributed by atoms with van der Waals surface area (Å²) in [5, 5.41) is 0. The van der Waals surface area contributed by atoms with Gasteiger partial charge in [-0.1, -0.05) is 0 Å². The van der Waals surface area contributed by atoms with Crippen molar-refractivity contribution >= 4 is 18.5 Å². The SMILES string of the molecule is COCCN(C)c1ncc(B2OC(C)(C)C(C)(C)O2)cn1. The van der Waals surface area contributed by atoms with Crippen molar-refractivity contribution in [1.29, 1.82) is 0 Å². The minimum Gasteiger partial charge on any atom is -0.399 e. The molecular weight excluding hydrogens is 269 g/mol. The zero-order valence-corrected chi connectivity index (χ0v) is 13.7. The number of ether oxygens (including phenoxy) is 1. The first kappa shape index (κ1) is 16.2. The zero-order chi connectivity index (χ0) is 15.7. The number of likely N-dealkylation sites (N-methyl/N-ethyl adjacent to an activating group) is 1. The fraction of sp³-hybridized carbons (Fsp3) is 0.714. The highest BCUT2D eigenvalue weighted by atomic mass is 16.7. The second-order valence-corrected chi connectivity index (χ2v) is 6.32. The van der Waals surface area contributed by atoms with Gasteiger partial charge < -0.3 is 18.9 Å². The smallest absolute Gasteiger partial charge is 0.399 e. The molecule has 0 N–H and O–H groups in total. The first-order chi connectivity index (χ1) is 9.77. The van der Waals surface area contributed by atoms with Crippen molar-refractivity contribution in [3.8, 4) is 0 Å². The normalized spacial score (nSPS) is 19.8. The lowest BCUT2D eigenvalue weighted by atomic mass is 9.81. The summed E-state index contributed by atoms with van der Waals surface area (Å²) in [5.41, 5.74) is 0.120. The summed E-state index contributed by atoms with van der Waals surface area (Å²) in [6.45, 7) is 9.49. The molecule has 1 aromatic heterocycles. The van der Waals surface area contributed by atoms with Gasteiger partial charge in [0.15, 0.2) is 0 Å². The van der Waals surface area contributed by atoms with Crippen LogP contribution in [0, 0.1) is 0 Å². The van der Waals surface area contributed by atoms with E-state index in [1.165, 1.54) is 0 Å². The van der Waals surface area contributed by atoms with Gasteiger partial charge in [-0.05, 0) is 27.7 Å². The molecule has 0 atom stereocenters. The van der Waals surface area contributed by atoms with Crippen molar-refractivity contribution in [2.75, 3.05) is 32.2 Å². The van der Waals surface area contributed by atoms with Crippen LogP contribution in [-0.2, 0) is 14.0 Å². The highest BCUT2D eigenvalue weighted by Crippen LogP contribution is 2.36. The largest absolute Gasteiger partial charge is 0.498 e. The van der Waals surface area contributed by atoms with Crippen LogP contribution in [0.1, 0.15) is 27.7 Å². The summed E-state index contributed by atoms with van der Waals surface area (Å²) in [6.07, 6.45) is 3.52. The monoisotopic (exact) mass is 293 g/mol. The van der Waals surface area contributed by atoms with E-state index in [1.54, 1.807) is 19.5 Å². The molecule has 1 aliphatic heterocycles. The van der Waals surface area contributed by atoms with Gasteiger partial charge in [0, 0.05) is 38.6 Å². The second-order valence-electron chi connectivity index (χ2n) is 6.32. The predicted molar refractivity (Wildman–Crippen MR) is 82.9 cm³/mol. The topological polar surface area (TPSA) is 56.7 Å². The highest BCUT2D eigenvalue weighted by molar-refractivity contribution is 6.61. The van der Waals surface area contributed by atoms with Crippen LogP contribution in [0.5, 0.6) is 0 Å². The van der Waals surface area contributed by atoms with E-state index >= 15 is 0 Å². The van der Waals surface area contributed by atoms with Crippen molar-refractivity contribution in [3.05, 3.63) is 12.4 Å². The van der Waals surface area contributed by atoms with Crippen LogP contribution < -0.4 is 10.4 Å². The summed E-state index contributed by atoms with van der Waals surface area (Å²) < 4.78 is 17.0. The summed E-state index contributed by atoms with van der Waals surface area (Å²) >= 11 is 0. The molecule has 0 bridgehead atoms. The molecule has 0 radical (unpaired) electrons. The lowest BCUT2D eigenvalue weighted by Crippen LogP contribution is -2.41. The first-order valence-electron chi connectivity index (χ1n) is 7.14. The Morgan fingerprint density at radius 3 is 2.14 bits per heavy atom. The second kappa shape index (κ2) is 5.91. The molecule has 0 aliphatic carbocycles. The third-order valence-electron chi connectivity index (χ3n) is 4.16. The Hall–Kier alpha value is -1.18. The minimum atomic E-state index is -0.423. The molecule has 1 aromatic rings. The summed E-state index contributed by atoms with van der Waals surface area (Å²) in [7, 11) is 3.19. The van der Waals surface area contributed by atoms with E-state index in [2.05, 4.69) is 9.97 Å². The predicted octanol–water partition coefficient (Wildman–Crippen LogP) is 0.858. The maximum atomic E-state index is 5.98. The number of aromatic nitrogens is 2. The van der Waals surface area contributed by atoms with E-state index in [0.29, 0.717) is 12.6 Å². The summed E-state index contributed by atoms with van der Waals surface area (Å²) in [5.74, 6) is 0.660. The van der Waals surface area contributed by atoms with Gasteiger partial charge in [-0.2, -0.15) is 0 Å².